The number of halogens is 1. The highest BCUT2D eigenvalue weighted by atomic mass is 35.5. The number of aromatic hydroxyl groups is 1. The van der Waals surface area contributed by atoms with Crippen LogP contribution in [0.15, 0.2) is 47.4 Å². The molecule has 24 heavy (non-hydrogen) atoms. The van der Waals surface area contributed by atoms with Crippen molar-refractivity contribution < 1.29 is 14.7 Å². The molecule has 1 heterocycles. The maximum atomic E-state index is 12.5. The number of phenols is 1. The molecule has 0 bridgehead atoms. The Morgan fingerprint density at radius 2 is 1.88 bits per heavy atom. The molecule has 6 heteroatoms. The molecule has 0 unspecified atom stereocenters. The molecule has 3 rings (SSSR count). The summed E-state index contributed by atoms with van der Waals surface area (Å²) in [5, 5.41) is 9.97. The summed E-state index contributed by atoms with van der Waals surface area (Å²) in [4.78, 5) is 26.1. The first-order valence-corrected chi connectivity index (χ1v) is 8.43. The summed E-state index contributed by atoms with van der Waals surface area (Å²) < 4.78 is 0. The van der Waals surface area contributed by atoms with Gasteiger partial charge in [-0.25, -0.2) is 0 Å². The lowest BCUT2D eigenvalue weighted by atomic mass is 10.1. The van der Waals surface area contributed by atoms with E-state index in [-0.39, 0.29) is 28.3 Å². The van der Waals surface area contributed by atoms with Gasteiger partial charge in [0.05, 0.1) is 11.4 Å². The smallest absolute Gasteiger partial charge is 0.293 e. The normalized spacial score (nSPS) is 16.2. The number of aryl methyl sites for hydroxylation is 1. The number of nitrogens with zero attached hydrogens (tertiary/aromatic N) is 1. The first-order valence-electron chi connectivity index (χ1n) is 7.23. The van der Waals surface area contributed by atoms with Crippen LogP contribution in [0.4, 0.5) is 4.79 Å². The van der Waals surface area contributed by atoms with Gasteiger partial charge in [0.25, 0.3) is 11.1 Å². The minimum Gasteiger partial charge on any atom is -0.507 e. The number of benzene rings is 2. The van der Waals surface area contributed by atoms with Gasteiger partial charge in [0.15, 0.2) is 0 Å². The molecule has 0 atom stereocenters. The number of carbonyl (C=O) groups excluding carboxylic acids is 2. The Balaban J connectivity index is 1.84. The summed E-state index contributed by atoms with van der Waals surface area (Å²) in [5.41, 5.74) is 2.40. The van der Waals surface area contributed by atoms with E-state index in [1.54, 1.807) is 12.1 Å². The second-order valence-corrected chi connectivity index (χ2v) is 6.89. The van der Waals surface area contributed by atoms with Crippen LogP contribution in [0.3, 0.4) is 0 Å². The zero-order chi connectivity index (χ0) is 17.3. The van der Waals surface area contributed by atoms with Crippen LogP contribution < -0.4 is 0 Å². The molecule has 0 aliphatic carbocycles. The SMILES string of the molecule is Cc1ccc(CN2C(=O)S/C(=C\c3cc(Cl)ccc3O)C2=O)cc1. The van der Waals surface area contributed by atoms with Gasteiger partial charge in [0.1, 0.15) is 5.75 Å². The fraction of sp³-hybridized carbons (Fsp3) is 0.111. The van der Waals surface area contributed by atoms with Crippen LogP contribution in [0, 0.1) is 6.92 Å². The predicted molar refractivity (Wildman–Crippen MR) is 95.8 cm³/mol. The zero-order valence-electron chi connectivity index (χ0n) is 12.8. The maximum absolute atomic E-state index is 12.5. The second kappa shape index (κ2) is 6.71. The predicted octanol–water partition coefficient (Wildman–Crippen LogP) is 4.59. The molecule has 1 saturated heterocycles. The van der Waals surface area contributed by atoms with Crippen LogP contribution in [0.1, 0.15) is 16.7 Å². The van der Waals surface area contributed by atoms with Crippen molar-refractivity contribution in [2.45, 2.75) is 13.5 Å². The number of rotatable bonds is 3. The van der Waals surface area contributed by atoms with Crippen LogP contribution in [-0.2, 0) is 11.3 Å². The first-order chi connectivity index (χ1) is 11.4. The Labute approximate surface area is 148 Å². The minimum atomic E-state index is -0.370. The van der Waals surface area contributed by atoms with Crippen molar-refractivity contribution in [2.75, 3.05) is 0 Å². The lowest BCUT2D eigenvalue weighted by Crippen LogP contribution is -2.27. The number of phenolic OH excluding ortho intramolecular Hbond substituents is 1. The fourth-order valence-electron chi connectivity index (χ4n) is 2.29. The summed E-state index contributed by atoms with van der Waals surface area (Å²) in [5.74, 6) is -0.366. The van der Waals surface area contributed by atoms with Gasteiger partial charge < -0.3 is 5.11 Å². The molecule has 2 amide bonds. The summed E-state index contributed by atoms with van der Waals surface area (Å²) >= 11 is 6.76. The van der Waals surface area contributed by atoms with Crippen LogP contribution in [0.25, 0.3) is 6.08 Å². The summed E-state index contributed by atoms with van der Waals surface area (Å²) in [6.45, 7) is 2.20. The van der Waals surface area contributed by atoms with Gasteiger partial charge in [0, 0.05) is 10.6 Å². The van der Waals surface area contributed by atoms with Gasteiger partial charge >= 0.3 is 0 Å². The van der Waals surface area contributed by atoms with Crippen molar-refractivity contribution in [3.63, 3.8) is 0 Å². The highest BCUT2D eigenvalue weighted by Gasteiger charge is 2.35. The summed E-state index contributed by atoms with van der Waals surface area (Å²) in [7, 11) is 0. The zero-order valence-corrected chi connectivity index (χ0v) is 14.4. The standard InChI is InChI=1S/C18H14ClNO3S/c1-11-2-4-12(5-3-11)10-20-17(22)16(24-18(20)23)9-13-8-14(19)6-7-15(13)21/h2-9,21H,10H2,1H3/b16-9-. The molecule has 0 radical (unpaired) electrons. The molecule has 1 aliphatic heterocycles. The fourth-order valence-corrected chi connectivity index (χ4v) is 3.30. The van der Waals surface area contributed by atoms with Gasteiger partial charge in [-0.15, -0.1) is 0 Å². The molecule has 4 nitrogen and oxygen atoms in total. The third-order valence-corrected chi connectivity index (χ3v) is 4.75. The number of hydrogen-bond acceptors (Lipinski definition) is 4. The van der Waals surface area contributed by atoms with E-state index in [9.17, 15) is 14.7 Å². The van der Waals surface area contributed by atoms with Gasteiger partial charge in [-0.3, -0.25) is 14.5 Å². The van der Waals surface area contributed by atoms with Crippen molar-refractivity contribution in [3.8, 4) is 5.75 Å². The molecule has 1 N–H and O–H groups in total. The van der Waals surface area contributed by atoms with E-state index < -0.39 is 0 Å². The Morgan fingerprint density at radius 3 is 2.58 bits per heavy atom. The number of thioether (sulfide) groups is 1. The molecule has 122 valence electrons. The van der Waals surface area contributed by atoms with Crippen LogP contribution in [0.2, 0.25) is 5.02 Å². The molecular formula is C18H14ClNO3S. The second-order valence-electron chi connectivity index (χ2n) is 5.46. The minimum absolute atomic E-state index is 0.00438. The monoisotopic (exact) mass is 359 g/mol. The average Bonchev–Trinajstić information content (AvgIpc) is 2.80. The van der Waals surface area contributed by atoms with Crippen molar-refractivity contribution in [1.82, 2.24) is 4.90 Å². The highest BCUT2D eigenvalue weighted by Crippen LogP contribution is 2.35. The third kappa shape index (κ3) is 3.47. The van der Waals surface area contributed by atoms with E-state index in [4.69, 9.17) is 11.6 Å². The average molecular weight is 360 g/mol. The summed E-state index contributed by atoms with van der Waals surface area (Å²) in [6, 6.07) is 12.2. The lowest BCUT2D eigenvalue weighted by Gasteiger charge is -2.12. The van der Waals surface area contributed by atoms with Crippen molar-refractivity contribution in [3.05, 3.63) is 69.1 Å². The number of hydrogen-bond donors (Lipinski definition) is 1. The quantitative estimate of drug-likeness (QED) is 0.814. The third-order valence-electron chi connectivity index (χ3n) is 3.61. The Hall–Kier alpha value is -2.24. The first kappa shape index (κ1) is 16.6. The lowest BCUT2D eigenvalue weighted by molar-refractivity contribution is -0.123. The molecule has 1 fully saturated rings. The Bertz CT molecular complexity index is 846. The van der Waals surface area contributed by atoms with Crippen LogP contribution in [-0.4, -0.2) is 21.2 Å². The van der Waals surface area contributed by atoms with Crippen LogP contribution >= 0.6 is 23.4 Å². The molecule has 2 aromatic carbocycles. The molecular weight excluding hydrogens is 346 g/mol. The van der Waals surface area contributed by atoms with Gasteiger partial charge in [-0.2, -0.15) is 0 Å². The van der Waals surface area contributed by atoms with Gasteiger partial charge in [0.2, 0.25) is 0 Å². The van der Waals surface area contributed by atoms with E-state index in [0.717, 1.165) is 22.9 Å². The number of amides is 2. The van der Waals surface area contributed by atoms with Crippen molar-refractivity contribution in [1.29, 1.82) is 0 Å². The van der Waals surface area contributed by atoms with E-state index >= 15 is 0 Å². The molecule has 0 spiro atoms. The van der Waals surface area contributed by atoms with E-state index in [1.807, 2.05) is 31.2 Å². The molecule has 1 aliphatic rings. The van der Waals surface area contributed by atoms with Gasteiger partial charge in [-0.1, -0.05) is 41.4 Å². The van der Waals surface area contributed by atoms with Crippen molar-refractivity contribution in [2.24, 2.45) is 0 Å². The topological polar surface area (TPSA) is 57.6 Å². The van der Waals surface area contributed by atoms with E-state index in [0.29, 0.717) is 10.6 Å². The van der Waals surface area contributed by atoms with Gasteiger partial charge in [-0.05, 0) is 48.5 Å². The number of imide groups is 1. The van der Waals surface area contributed by atoms with E-state index in [2.05, 4.69) is 0 Å². The number of carbonyl (C=O) groups is 2. The van der Waals surface area contributed by atoms with E-state index in [1.165, 1.54) is 17.0 Å². The van der Waals surface area contributed by atoms with Crippen molar-refractivity contribution >= 4 is 40.6 Å². The molecule has 2 aromatic rings. The van der Waals surface area contributed by atoms with Crippen LogP contribution in [0.5, 0.6) is 5.75 Å². The highest BCUT2D eigenvalue weighted by molar-refractivity contribution is 8.18. The molecule has 0 saturated carbocycles. The Morgan fingerprint density at radius 1 is 1.17 bits per heavy atom. The largest absolute Gasteiger partial charge is 0.507 e. The maximum Gasteiger partial charge on any atom is 0.293 e. The molecule has 0 aromatic heterocycles. The Kier molecular flexibility index (Phi) is 4.64. The summed E-state index contributed by atoms with van der Waals surface area (Å²) in [6.07, 6.45) is 1.49.